The number of hydrogen-bond acceptors (Lipinski definition) is 1. The van der Waals surface area contributed by atoms with Gasteiger partial charge in [-0.2, -0.15) is 8.78 Å². The van der Waals surface area contributed by atoms with Gasteiger partial charge in [0, 0.05) is 6.42 Å². The van der Waals surface area contributed by atoms with E-state index in [1.54, 1.807) is 0 Å². The molecule has 0 aromatic carbocycles. The van der Waals surface area contributed by atoms with Crippen molar-refractivity contribution in [3.05, 3.63) is 12.7 Å². The molecule has 0 bridgehead atoms. The molecule has 0 spiro atoms. The van der Waals surface area contributed by atoms with Gasteiger partial charge in [0.2, 0.25) is 5.78 Å². The summed E-state index contributed by atoms with van der Waals surface area (Å²) >= 11 is 0. The summed E-state index contributed by atoms with van der Waals surface area (Å²) < 4.78 is 47.6. The first kappa shape index (κ1) is 12.1. The average molecular weight is 198 g/mol. The third-order valence-corrected chi connectivity index (χ3v) is 1.46. The number of allylic oxidation sites excluding steroid dienone is 1. The normalized spacial score (nSPS) is 11.8. The number of rotatable bonds is 6. The van der Waals surface area contributed by atoms with E-state index in [1.807, 2.05) is 0 Å². The van der Waals surface area contributed by atoms with Crippen LogP contribution in [-0.2, 0) is 4.79 Å². The van der Waals surface area contributed by atoms with Crippen LogP contribution >= 0.6 is 0 Å². The summed E-state index contributed by atoms with van der Waals surface area (Å²) in [5.74, 6) is -6.20. The lowest BCUT2D eigenvalue weighted by molar-refractivity contribution is -0.167. The van der Waals surface area contributed by atoms with Crippen molar-refractivity contribution in [2.24, 2.45) is 0 Å². The molecule has 5 heteroatoms. The lowest BCUT2D eigenvalue weighted by Gasteiger charge is -2.12. The average Bonchev–Trinajstić information content (AvgIpc) is 2.04. The molecule has 76 valence electrons. The number of ketones is 1. The highest BCUT2D eigenvalue weighted by molar-refractivity contribution is 5.85. The van der Waals surface area contributed by atoms with E-state index in [0.717, 1.165) is 0 Å². The largest absolute Gasteiger partial charge is 0.364 e. The minimum absolute atomic E-state index is 0.130. The maximum Gasteiger partial charge on any atom is 0.364 e. The van der Waals surface area contributed by atoms with E-state index in [-0.39, 0.29) is 6.42 Å². The molecule has 0 heterocycles. The number of Topliss-reactive ketones (excluding diaryl/α,β-unsaturated/α-hetero) is 1. The fourth-order valence-corrected chi connectivity index (χ4v) is 0.695. The first-order valence-electron chi connectivity index (χ1n) is 3.73. The van der Waals surface area contributed by atoms with Crippen LogP contribution in [0.3, 0.4) is 0 Å². The van der Waals surface area contributed by atoms with Gasteiger partial charge in [-0.05, 0) is 12.8 Å². The number of carbonyl (C=O) groups is 1. The smallest absolute Gasteiger partial charge is 0.293 e. The van der Waals surface area contributed by atoms with Crippen LogP contribution in [0.1, 0.15) is 19.3 Å². The Morgan fingerprint density at radius 1 is 1.46 bits per heavy atom. The van der Waals surface area contributed by atoms with Gasteiger partial charge in [0.05, 0.1) is 0 Å². The molecule has 0 rings (SSSR count). The minimum Gasteiger partial charge on any atom is -0.293 e. The lowest BCUT2D eigenvalue weighted by atomic mass is 10.1. The van der Waals surface area contributed by atoms with Crippen LogP contribution in [0.5, 0.6) is 0 Å². The summed E-state index contributed by atoms with van der Waals surface area (Å²) in [6.07, 6.45) is -2.52. The molecule has 0 N–H and O–H groups in total. The molecule has 0 aliphatic rings. The first-order valence-corrected chi connectivity index (χ1v) is 3.73. The van der Waals surface area contributed by atoms with Crippen LogP contribution in [0.15, 0.2) is 12.7 Å². The summed E-state index contributed by atoms with van der Waals surface area (Å²) in [7, 11) is 0. The highest BCUT2D eigenvalue weighted by Crippen LogP contribution is 2.25. The van der Waals surface area contributed by atoms with Crippen molar-refractivity contribution in [2.75, 3.05) is 0 Å². The number of alkyl halides is 4. The fourth-order valence-electron chi connectivity index (χ4n) is 0.695. The maximum absolute atomic E-state index is 12.2. The molecular weight excluding hydrogens is 188 g/mol. The lowest BCUT2D eigenvalue weighted by Crippen LogP contribution is -2.36. The molecule has 0 saturated carbocycles. The van der Waals surface area contributed by atoms with Gasteiger partial charge in [-0.1, -0.05) is 6.08 Å². The summed E-state index contributed by atoms with van der Waals surface area (Å²) in [6.45, 7) is 3.31. The van der Waals surface area contributed by atoms with Gasteiger partial charge in [-0.15, -0.1) is 6.58 Å². The second-order valence-electron chi connectivity index (χ2n) is 2.53. The first-order chi connectivity index (χ1) is 5.92. The molecular formula is C8H10F4O. The highest BCUT2D eigenvalue weighted by atomic mass is 19.3. The van der Waals surface area contributed by atoms with Crippen molar-refractivity contribution in [2.45, 2.75) is 31.6 Å². The Morgan fingerprint density at radius 2 is 2.00 bits per heavy atom. The summed E-state index contributed by atoms with van der Waals surface area (Å²) in [5, 5.41) is 0. The van der Waals surface area contributed by atoms with E-state index in [0.29, 0.717) is 6.42 Å². The van der Waals surface area contributed by atoms with Gasteiger partial charge in [-0.3, -0.25) is 4.79 Å². The standard InChI is InChI=1S/C8H10F4O/c1-2-3-4-5-6(13)8(11,12)7(9)10/h2,7H,1,3-5H2. The number of hydrogen-bond donors (Lipinski definition) is 0. The number of unbranched alkanes of at least 4 members (excludes halogenated alkanes) is 1. The molecule has 0 aromatic rings. The molecule has 0 aromatic heterocycles. The summed E-state index contributed by atoms with van der Waals surface area (Å²) in [4.78, 5) is 10.5. The Bertz CT molecular complexity index is 189. The van der Waals surface area contributed by atoms with Crippen molar-refractivity contribution in [3.63, 3.8) is 0 Å². The van der Waals surface area contributed by atoms with Crippen LogP contribution in [0, 0.1) is 0 Å². The van der Waals surface area contributed by atoms with Gasteiger partial charge in [0.25, 0.3) is 0 Å². The Morgan fingerprint density at radius 3 is 2.38 bits per heavy atom. The van der Waals surface area contributed by atoms with Crippen molar-refractivity contribution in [1.29, 1.82) is 0 Å². The zero-order valence-corrected chi connectivity index (χ0v) is 6.90. The molecule has 0 aliphatic heterocycles. The second kappa shape index (κ2) is 4.99. The Hall–Kier alpha value is -0.870. The molecule has 0 amide bonds. The molecule has 0 unspecified atom stereocenters. The topological polar surface area (TPSA) is 17.1 Å². The quantitative estimate of drug-likeness (QED) is 0.364. The fraction of sp³-hybridized carbons (Fsp3) is 0.625. The monoisotopic (exact) mass is 198 g/mol. The van der Waals surface area contributed by atoms with E-state index < -0.39 is 24.6 Å². The van der Waals surface area contributed by atoms with E-state index in [2.05, 4.69) is 6.58 Å². The van der Waals surface area contributed by atoms with Crippen LogP contribution in [0.4, 0.5) is 17.6 Å². The second-order valence-corrected chi connectivity index (χ2v) is 2.53. The molecule has 13 heavy (non-hydrogen) atoms. The molecule has 0 saturated heterocycles. The summed E-state index contributed by atoms with van der Waals surface area (Å²) in [6, 6.07) is 0. The van der Waals surface area contributed by atoms with Crippen molar-refractivity contribution in [1.82, 2.24) is 0 Å². The number of halogens is 4. The van der Waals surface area contributed by atoms with Gasteiger partial charge in [-0.25, -0.2) is 8.78 Å². The maximum atomic E-state index is 12.2. The predicted octanol–water partition coefficient (Wildman–Crippen LogP) is 2.81. The van der Waals surface area contributed by atoms with Crippen molar-refractivity contribution in [3.8, 4) is 0 Å². The van der Waals surface area contributed by atoms with Crippen LogP contribution < -0.4 is 0 Å². The molecule has 1 nitrogen and oxygen atoms in total. The molecule has 0 aliphatic carbocycles. The zero-order valence-electron chi connectivity index (χ0n) is 6.90. The zero-order chi connectivity index (χ0) is 10.5. The molecule has 0 radical (unpaired) electrons. The third kappa shape index (κ3) is 3.57. The Balaban J connectivity index is 4.02. The van der Waals surface area contributed by atoms with Crippen LogP contribution in [-0.4, -0.2) is 18.1 Å². The Labute approximate surface area is 73.4 Å². The van der Waals surface area contributed by atoms with Crippen LogP contribution in [0.2, 0.25) is 0 Å². The van der Waals surface area contributed by atoms with Gasteiger partial charge < -0.3 is 0 Å². The highest BCUT2D eigenvalue weighted by Gasteiger charge is 2.47. The van der Waals surface area contributed by atoms with Crippen molar-refractivity contribution >= 4 is 5.78 Å². The minimum atomic E-state index is -4.50. The van der Waals surface area contributed by atoms with E-state index in [1.165, 1.54) is 6.08 Å². The molecule has 0 fully saturated rings. The third-order valence-electron chi connectivity index (χ3n) is 1.46. The Kier molecular flexibility index (Phi) is 4.66. The SMILES string of the molecule is C=CCCCC(=O)C(F)(F)C(F)F. The van der Waals surface area contributed by atoms with E-state index in [9.17, 15) is 22.4 Å². The van der Waals surface area contributed by atoms with E-state index >= 15 is 0 Å². The number of carbonyl (C=O) groups excluding carboxylic acids is 1. The van der Waals surface area contributed by atoms with Crippen molar-refractivity contribution < 1.29 is 22.4 Å². The van der Waals surface area contributed by atoms with Crippen LogP contribution in [0.25, 0.3) is 0 Å². The van der Waals surface area contributed by atoms with Gasteiger partial charge in [0.15, 0.2) is 0 Å². The van der Waals surface area contributed by atoms with E-state index in [4.69, 9.17) is 0 Å². The van der Waals surface area contributed by atoms with Gasteiger partial charge >= 0.3 is 12.3 Å². The summed E-state index contributed by atoms with van der Waals surface area (Å²) in [5.41, 5.74) is 0. The molecule has 0 atom stereocenters. The van der Waals surface area contributed by atoms with Gasteiger partial charge in [0.1, 0.15) is 0 Å². The predicted molar refractivity (Wildman–Crippen MR) is 40.0 cm³/mol.